The number of nitrogens with zero attached hydrogens (tertiary/aromatic N) is 1. The van der Waals surface area contributed by atoms with Gasteiger partial charge in [-0.2, -0.15) is 17.0 Å². The molecular weight excluding hydrogens is 192 g/mol. The number of benzene rings is 1. The molecule has 0 spiro atoms. The van der Waals surface area contributed by atoms with Crippen molar-refractivity contribution < 1.29 is 0 Å². The molecule has 1 aliphatic heterocycles. The highest BCUT2D eigenvalue weighted by atomic mass is 32.2. The lowest BCUT2D eigenvalue weighted by Crippen LogP contribution is -2.33. The number of rotatable bonds is 2. The molecule has 1 fully saturated rings. The largest absolute Gasteiger partial charge is 0.380 e. The summed E-state index contributed by atoms with van der Waals surface area (Å²) in [6.45, 7) is 1.99. The van der Waals surface area contributed by atoms with Gasteiger partial charge in [-0.05, 0) is 24.6 Å². The van der Waals surface area contributed by atoms with Crippen LogP contribution < -0.4 is 5.32 Å². The quantitative estimate of drug-likeness (QED) is 0.803. The molecule has 1 aromatic rings. The van der Waals surface area contributed by atoms with E-state index in [1.54, 1.807) is 0 Å². The van der Waals surface area contributed by atoms with Gasteiger partial charge in [-0.25, -0.2) is 0 Å². The van der Waals surface area contributed by atoms with Gasteiger partial charge in [0.15, 0.2) is 0 Å². The maximum absolute atomic E-state index is 8.87. The average Bonchev–Trinajstić information content (AvgIpc) is 2.13. The molecule has 14 heavy (non-hydrogen) atoms. The van der Waals surface area contributed by atoms with E-state index >= 15 is 0 Å². The Morgan fingerprint density at radius 1 is 1.50 bits per heavy atom. The second kappa shape index (κ2) is 3.93. The highest BCUT2D eigenvalue weighted by molar-refractivity contribution is 8.00. The van der Waals surface area contributed by atoms with Crippen LogP contribution in [0.2, 0.25) is 0 Å². The smallest absolute Gasteiger partial charge is 0.0995 e. The molecular formula is C11H12N2S. The van der Waals surface area contributed by atoms with Crippen LogP contribution in [0.4, 0.5) is 5.69 Å². The predicted octanol–water partition coefficient (Wildman–Crippen LogP) is 2.39. The number of thioether (sulfide) groups is 1. The van der Waals surface area contributed by atoms with E-state index in [9.17, 15) is 0 Å². The molecule has 0 bridgehead atoms. The lowest BCUT2D eigenvalue weighted by atomic mass is 10.1. The van der Waals surface area contributed by atoms with Crippen molar-refractivity contribution in [1.82, 2.24) is 0 Å². The molecule has 2 rings (SSSR count). The standard InChI is InChI=1S/C11H12N2S/c1-8-9(5-12)3-2-4-11(8)13-10-6-14-7-10/h2-4,10,13H,6-7H2,1H3. The van der Waals surface area contributed by atoms with E-state index in [2.05, 4.69) is 11.4 Å². The molecule has 3 heteroatoms. The molecule has 0 amide bonds. The molecule has 72 valence electrons. The first-order valence-corrected chi connectivity index (χ1v) is 5.80. The minimum absolute atomic E-state index is 0.590. The summed E-state index contributed by atoms with van der Waals surface area (Å²) in [6, 6.07) is 8.62. The molecule has 1 heterocycles. The average molecular weight is 204 g/mol. The number of anilines is 1. The fraction of sp³-hybridized carbons (Fsp3) is 0.364. The normalized spacial score (nSPS) is 15.7. The van der Waals surface area contributed by atoms with E-state index < -0.39 is 0 Å². The number of hydrogen-bond donors (Lipinski definition) is 1. The van der Waals surface area contributed by atoms with Gasteiger partial charge >= 0.3 is 0 Å². The van der Waals surface area contributed by atoms with Crippen molar-refractivity contribution in [2.24, 2.45) is 0 Å². The van der Waals surface area contributed by atoms with Crippen LogP contribution in [-0.2, 0) is 0 Å². The van der Waals surface area contributed by atoms with Crippen LogP contribution in [-0.4, -0.2) is 17.5 Å². The molecule has 0 aliphatic carbocycles. The Kier molecular flexibility index (Phi) is 2.64. The van der Waals surface area contributed by atoms with Gasteiger partial charge in [0, 0.05) is 23.2 Å². The summed E-state index contributed by atoms with van der Waals surface area (Å²) >= 11 is 1.95. The van der Waals surface area contributed by atoms with Crippen LogP contribution in [0.3, 0.4) is 0 Å². The summed E-state index contributed by atoms with van der Waals surface area (Å²) in [7, 11) is 0. The first-order chi connectivity index (χ1) is 6.81. The summed E-state index contributed by atoms with van der Waals surface area (Å²) in [6.07, 6.45) is 0. The summed E-state index contributed by atoms with van der Waals surface area (Å²) in [5.74, 6) is 2.35. The minimum atomic E-state index is 0.590. The summed E-state index contributed by atoms with van der Waals surface area (Å²) < 4.78 is 0. The topological polar surface area (TPSA) is 35.8 Å². The van der Waals surface area contributed by atoms with E-state index in [1.807, 2.05) is 36.9 Å². The fourth-order valence-corrected chi connectivity index (χ4v) is 2.09. The molecule has 0 atom stereocenters. The Morgan fingerprint density at radius 3 is 2.86 bits per heavy atom. The SMILES string of the molecule is Cc1c(C#N)cccc1NC1CSC1. The lowest BCUT2D eigenvalue weighted by molar-refractivity contribution is 0.880. The Labute approximate surface area is 88.3 Å². The Balaban J connectivity index is 2.20. The molecule has 1 N–H and O–H groups in total. The van der Waals surface area contributed by atoms with Crippen molar-refractivity contribution in [2.45, 2.75) is 13.0 Å². The van der Waals surface area contributed by atoms with E-state index in [-0.39, 0.29) is 0 Å². The van der Waals surface area contributed by atoms with Gasteiger partial charge in [-0.3, -0.25) is 0 Å². The summed E-state index contributed by atoms with van der Waals surface area (Å²) in [5, 5.41) is 12.3. The van der Waals surface area contributed by atoms with Crippen LogP contribution in [0.25, 0.3) is 0 Å². The zero-order valence-electron chi connectivity index (χ0n) is 8.08. The van der Waals surface area contributed by atoms with E-state index in [0.29, 0.717) is 6.04 Å². The van der Waals surface area contributed by atoms with Crippen LogP contribution in [0.15, 0.2) is 18.2 Å². The molecule has 2 nitrogen and oxygen atoms in total. The minimum Gasteiger partial charge on any atom is -0.380 e. The third-order valence-electron chi connectivity index (χ3n) is 2.45. The van der Waals surface area contributed by atoms with Crippen molar-refractivity contribution in [3.05, 3.63) is 29.3 Å². The maximum atomic E-state index is 8.87. The number of nitriles is 1. The Morgan fingerprint density at radius 2 is 2.29 bits per heavy atom. The van der Waals surface area contributed by atoms with Gasteiger partial charge in [0.2, 0.25) is 0 Å². The van der Waals surface area contributed by atoms with Crippen LogP contribution >= 0.6 is 11.8 Å². The van der Waals surface area contributed by atoms with Crippen LogP contribution in [0.1, 0.15) is 11.1 Å². The fourth-order valence-electron chi connectivity index (χ4n) is 1.45. The monoisotopic (exact) mass is 204 g/mol. The van der Waals surface area contributed by atoms with Crippen molar-refractivity contribution >= 4 is 17.4 Å². The molecule has 1 aromatic carbocycles. The number of hydrogen-bond acceptors (Lipinski definition) is 3. The van der Waals surface area contributed by atoms with Gasteiger partial charge < -0.3 is 5.32 Å². The van der Waals surface area contributed by atoms with Crippen molar-refractivity contribution in [2.75, 3.05) is 16.8 Å². The molecule has 0 saturated carbocycles. The second-order valence-electron chi connectivity index (χ2n) is 3.47. The Hall–Kier alpha value is -1.14. The zero-order chi connectivity index (χ0) is 9.97. The first kappa shape index (κ1) is 9.42. The second-order valence-corrected chi connectivity index (χ2v) is 4.54. The molecule has 0 unspecified atom stereocenters. The van der Waals surface area contributed by atoms with Gasteiger partial charge in [-0.15, -0.1) is 0 Å². The molecule has 0 aromatic heterocycles. The molecule has 1 aliphatic rings. The predicted molar refractivity (Wildman–Crippen MR) is 60.6 cm³/mol. The van der Waals surface area contributed by atoms with Gasteiger partial charge in [-0.1, -0.05) is 6.07 Å². The summed E-state index contributed by atoms with van der Waals surface area (Å²) in [4.78, 5) is 0. The van der Waals surface area contributed by atoms with Gasteiger partial charge in [0.05, 0.1) is 11.6 Å². The van der Waals surface area contributed by atoms with E-state index in [0.717, 1.165) is 16.8 Å². The zero-order valence-corrected chi connectivity index (χ0v) is 8.90. The van der Waals surface area contributed by atoms with Gasteiger partial charge in [0.25, 0.3) is 0 Å². The third kappa shape index (κ3) is 1.71. The van der Waals surface area contributed by atoms with Crippen LogP contribution in [0.5, 0.6) is 0 Å². The lowest BCUT2D eigenvalue weighted by Gasteiger charge is -2.27. The van der Waals surface area contributed by atoms with Crippen molar-refractivity contribution in [3.8, 4) is 6.07 Å². The Bertz CT molecular complexity index is 377. The number of nitrogens with one attached hydrogen (secondary N) is 1. The van der Waals surface area contributed by atoms with Crippen molar-refractivity contribution in [1.29, 1.82) is 5.26 Å². The first-order valence-electron chi connectivity index (χ1n) is 4.65. The maximum Gasteiger partial charge on any atom is 0.0995 e. The summed E-state index contributed by atoms with van der Waals surface area (Å²) in [5.41, 5.74) is 2.93. The van der Waals surface area contributed by atoms with E-state index in [4.69, 9.17) is 5.26 Å². The van der Waals surface area contributed by atoms with Gasteiger partial charge in [0.1, 0.15) is 0 Å². The van der Waals surface area contributed by atoms with Crippen LogP contribution in [0, 0.1) is 18.3 Å². The highest BCUT2D eigenvalue weighted by Crippen LogP contribution is 2.25. The van der Waals surface area contributed by atoms with Crippen molar-refractivity contribution in [3.63, 3.8) is 0 Å². The molecule has 0 radical (unpaired) electrons. The molecule has 1 saturated heterocycles. The van der Waals surface area contributed by atoms with E-state index in [1.165, 1.54) is 11.5 Å². The highest BCUT2D eigenvalue weighted by Gasteiger charge is 2.18. The third-order valence-corrected chi connectivity index (χ3v) is 3.73.